The second kappa shape index (κ2) is 9.47. The Balaban J connectivity index is 1.36. The maximum atomic E-state index is 14.0. The molecule has 1 fully saturated rings. The Labute approximate surface area is 201 Å². The number of nitrogens with zero attached hydrogens (tertiary/aromatic N) is 6. The number of ether oxygens (including phenoxy) is 1. The molecule has 1 aromatic carbocycles. The van der Waals surface area contributed by atoms with Gasteiger partial charge in [0.15, 0.2) is 17.4 Å². The molecule has 0 unspecified atom stereocenters. The predicted octanol–water partition coefficient (Wildman–Crippen LogP) is 3.23. The topological polar surface area (TPSA) is 90.5 Å². The summed E-state index contributed by atoms with van der Waals surface area (Å²) < 4.78 is 33.0. The number of carbonyl (C=O) groups excluding carboxylic acids is 1. The number of H-pyrrole nitrogens is 1. The number of carbonyl (C=O) groups is 1. The third-order valence-corrected chi connectivity index (χ3v) is 6.35. The van der Waals surface area contributed by atoms with Gasteiger partial charge in [0.05, 0.1) is 24.1 Å². The minimum atomic E-state index is -0.697. The summed E-state index contributed by atoms with van der Waals surface area (Å²) in [5.41, 5.74) is 3.21. The quantitative estimate of drug-likeness (QED) is 0.613. The van der Waals surface area contributed by atoms with E-state index >= 15 is 0 Å². The number of piperidine rings is 1. The zero-order chi connectivity index (χ0) is 24.5. The molecule has 2 aliphatic heterocycles. The molecular formula is C24H27F2N7O2. The van der Waals surface area contributed by atoms with Gasteiger partial charge in [-0.05, 0) is 12.1 Å². The second-order valence-corrected chi connectivity index (χ2v) is 9.00. The first-order valence-corrected chi connectivity index (χ1v) is 11.6. The fourth-order valence-electron chi connectivity index (χ4n) is 4.50. The molecule has 2 amide bonds. The maximum Gasteiger partial charge on any atom is 0.319 e. The summed E-state index contributed by atoms with van der Waals surface area (Å²) in [5.74, 6) is -0.494. The van der Waals surface area contributed by atoms with Gasteiger partial charge in [-0.1, -0.05) is 0 Å². The molecule has 35 heavy (non-hydrogen) atoms. The predicted molar refractivity (Wildman–Crippen MR) is 125 cm³/mol. The fraction of sp³-hybridized carbons (Fsp3) is 0.417. The molecule has 1 saturated heterocycles. The molecule has 11 heteroatoms. The number of nitrogens with one attached hydrogen (secondary N) is 1. The van der Waals surface area contributed by atoms with Gasteiger partial charge in [-0.3, -0.25) is 5.10 Å². The van der Waals surface area contributed by atoms with Crippen LogP contribution < -0.4 is 9.64 Å². The van der Waals surface area contributed by atoms with Gasteiger partial charge < -0.3 is 19.4 Å². The largest absolute Gasteiger partial charge is 0.487 e. The van der Waals surface area contributed by atoms with Crippen LogP contribution in [0.15, 0.2) is 30.6 Å². The van der Waals surface area contributed by atoms with Crippen molar-refractivity contribution in [1.82, 2.24) is 30.0 Å². The first-order valence-electron chi connectivity index (χ1n) is 11.6. The van der Waals surface area contributed by atoms with Gasteiger partial charge in [0, 0.05) is 70.8 Å². The number of fused-ring (bicyclic) bond motifs is 1. The van der Waals surface area contributed by atoms with Crippen LogP contribution in [0.2, 0.25) is 0 Å². The first-order chi connectivity index (χ1) is 16.9. The van der Waals surface area contributed by atoms with E-state index < -0.39 is 11.6 Å². The molecule has 0 atom stereocenters. The number of amides is 2. The van der Waals surface area contributed by atoms with Crippen molar-refractivity contribution in [3.8, 4) is 17.0 Å². The van der Waals surface area contributed by atoms with Crippen molar-refractivity contribution >= 4 is 11.8 Å². The highest BCUT2D eigenvalue weighted by Crippen LogP contribution is 2.32. The van der Waals surface area contributed by atoms with Crippen molar-refractivity contribution in [2.24, 2.45) is 0 Å². The average molecular weight is 484 g/mol. The number of aromatic amines is 1. The fourth-order valence-corrected chi connectivity index (χ4v) is 4.50. The van der Waals surface area contributed by atoms with Crippen LogP contribution in [0.1, 0.15) is 24.2 Å². The number of benzene rings is 1. The molecular weight excluding hydrogens is 456 g/mol. The Hall–Kier alpha value is -3.76. The zero-order valence-corrected chi connectivity index (χ0v) is 19.7. The molecule has 1 N–H and O–H groups in total. The van der Waals surface area contributed by atoms with E-state index in [1.807, 2.05) is 0 Å². The maximum absolute atomic E-state index is 14.0. The smallest absolute Gasteiger partial charge is 0.319 e. The van der Waals surface area contributed by atoms with Crippen LogP contribution in [0.4, 0.5) is 19.4 Å². The summed E-state index contributed by atoms with van der Waals surface area (Å²) in [6, 6.07) is 3.30. The van der Waals surface area contributed by atoms with E-state index in [9.17, 15) is 13.6 Å². The molecule has 4 heterocycles. The van der Waals surface area contributed by atoms with Gasteiger partial charge in [-0.15, -0.1) is 0 Å². The number of rotatable bonds is 4. The SMILES string of the molecule is CN(C)C(=O)N1CCc2nc(N3CCC(Oc4ccc(F)cc4F)CC3)c(-c3cn[nH]c3)nc2C1. The highest BCUT2D eigenvalue weighted by molar-refractivity contribution is 5.75. The number of anilines is 1. The third kappa shape index (κ3) is 4.75. The summed E-state index contributed by atoms with van der Waals surface area (Å²) in [5, 5.41) is 6.91. The molecule has 0 aliphatic carbocycles. The summed E-state index contributed by atoms with van der Waals surface area (Å²) >= 11 is 0. The van der Waals surface area contributed by atoms with Crippen LogP contribution in [0.25, 0.3) is 11.3 Å². The van der Waals surface area contributed by atoms with Crippen molar-refractivity contribution in [2.45, 2.75) is 31.9 Å². The van der Waals surface area contributed by atoms with Gasteiger partial charge in [0.2, 0.25) is 0 Å². The molecule has 5 rings (SSSR count). The van der Waals surface area contributed by atoms with Crippen LogP contribution >= 0.6 is 0 Å². The second-order valence-electron chi connectivity index (χ2n) is 9.00. The van der Waals surface area contributed by atoms with Crippen molar-refractivity contribution in [1.29, 1.82) is 0 Å². The van der Waals surface area contributed by atoms with E-state index in [2.05, 4.69) is 15.1 Å². The molecule has 2 aromatic heterocycles. The summed E-state index contributed by atoms with van der Waals surface area (Å²) in [7, 11) is 3.47. The molecule has 0 spiro atoms. The molecule has 0 radical (unpaired) electrons. The number of hydrogen-bond acceptors (Lipinski definition) is 6. The summed E-state index contributed by atoms with van der Waals surface area (Å²) in [4.78, 5) is 27.9. The van der Waals surface area contributed by atoms with E-state index in [0.717, 1.165) is 28.8 Å². The van der Waals surface area contributed by atoms with Crippen LogP contribution in [-0.2, 0) is 13.0 Å². The number of halogens is 2. The lowest BCUT2D eigenvalue weighted by molar-refractivity contribution is 0.163. The van der Waals surface area contributed by atoms with Gasteiger partial charge in [-0.25, -0.2) is 23.5 Å². The summed E-state index contributed by atoms with van der Waals surface area (Å²) in [6.45, 7) is 2.29. The Morgan fingerprint density at radius 3 is 2.63 bits per heavy atom. The highest BCUT2D eigenvalue weighted by atomic mass is 19.1. The van der Waals surface area contributed by atoms with Crippen LogP contribution in [-0.4, -0.2) is 75.8 Å². The lowest BCUT2D eigenvalue weighted by Crippen LogP contribution is -2.43. The van der Waals surface area contributed by atoms with Gasteiger partial charge in [-0.2, -0.15) is 5.10 Å². The zero-order valence-electron chi connectivity index (χ0n) is 19.7. The minimum Gasteiger partial charge on any atom is -0.487 e. The lowest BCUT2D eigenvalue weighted by atomic mass is 10.1. The lowest BCUT2D eigenvalue weighted by Gasteiger charge is -2.35. The van der Waals surface area contributed by atoms with E-state index in [1.165, 1.54) is 12.1 Å². The molecule has 9 nitrogen and oxygen atoms in total. The molecule has 2 aliphatic rings. The van der Waals surface area contributed by atoms with Gasteiger partial charge >= 0.3 is 6.03 Å². The summed E-state index contributed by atoms with van der Waals surface area (Å²) in [6.07, 6.45) is 5.25. The molecule has 0 bridgehead atoms. The molecule has 184 valence electrons. The van der Waals surface area contributed by atoms with Gasteiger partial charge in [0.25, 0.3) is 0 Å². The van der Waals surface area contributed by atoms with Crippen LogP contribution in [0, 0.1) is 11.6 Å². The minimum absolute atomic E-state index is 0.0500. The monoisotopic (exact) mass is 483 g/mol. The highest BCUT2D eigenvalue weighted by Gasteiger charge is 2.29. The number of urea groups is 1. The molecule has 0 saturated carbocycles. The standard InChI is InChI=1S/C24H27F2N7O2/c1-31(2)24(34)33-10-7-19-20(14-33)29-22(15-12-27-28-13-15)23(30-19)32-8-5-17(6-9-32)35-21-4-3-16(25)11-18(21)26/h3-4,11-13,17H,5-10,14H2,1-2H3,(H,27,28). The van der Waals surface area contributed by atoms with E-state index in [1.54, 1.807) is 36.3 Å². The van der Waals surface area contributed by atoms with Crippen LogP contribution in [0.3, 0.4) is 0 Å². The van der Waals surface area contributed by atoms with Crippen LogP contribution in [0.5, 0.6) is 5.75 Å². The first kappa shape index (κ1) is 23.0. The van der Waals surface area contributed by atoms with Crippen molar-refractivity contribution < 1.29 is 18.3 Å². The van der Waals surface area contributed by atoms with E-state index in [0.29, 0.717) is 51.1 Å². The Kier molecular flexibility index (Phi) is 6.23. The van der Waals surface area contributed by atoms with Crippen molar-refractivity contribution in [3.63, 3.8) is 0 Å². The Morgan fingerprint density at radius 1 is 1.14 bits per heavy atom. The van der Waals surface area contributed by atoms with Crippen molar-refractivity contribution in [2.75, 3.05) is 38.6 Å². The normalized spacial score (nSPS) is 16.2. The number of aromatic nitrogens is 4. The van der Waals surface area contributed by atoms with E-state index in [-0.39, 0.29) is 17.9 Å². The average Bonchev–Trinajstić information content (AvgIpc) is 3.39. The van der Waals surface area contributed by atoms with Gasteiger partial charge in [0.1, 0.15) is 17.6 Å². The third-order valence-electron chi connectivity index (χ3n) is 6.35. The Bertz CT molecular complexity index is 1210. The Morgan fingerprint density at radius 2 is 1.94 bits per heavy atom. The van der Waals surface area contributed by atoms with E-state index in [4.69, 9.17) is 14.7 Å². The number of hydrogen-bond donors (Lipinski definition) is 1. The van der Waals surface area contributed by atoms with Crippen molar-refractivity contribution in [3.05, 3.63) is 53.6 Å². The molecule has 3 aromatic rings.